The Morgan fingerprint density at radius 3 is 2.65 bits per heavy atom. The summed E-state index contributed by atoms with van der Waals surface area (Å²) >= 11 is 0. The highest BCUT2D eigenvalue weighted by molar-refractivity contribution is 5.94. The van der Waals surface area contributed by atoms with Crippen molar-refractivity contribution < 1.29 is 14.6 Å². The molecule has 0 heterocycles. The Bertz CT molecular complexity index is 479. The highest BCUT2D eigenvalue weighted by Crippen LogP contribution is 2.35. The normalized spacial score (nSPS) is 17.5. The summed E-state index contributed by atoms with van der Waals surface area (Å²) in [6.45, 7) is 2.93. The van der Waals surface area contributed by atoms with Gasteiger partial charge in [-0.2, -0.15) is 0 Å². The van der Waals surface area contributed by atoms with E-state index in [4.69, 9.17) is 4.74 Å². The number of phenols is 1. The smallest absolute Gasteiger partial charge is 0.251 e. The number of aromatic hydroxyl groups is 1. The average molecular weight is 277 g/mol. The number of ether oxygens (including phenoxy) is 1. The fourth-order valence-electron chi connectivity index (χ4n) is 2.81. The molecule has 0 aliphatic heterocycles. The van der Waals surface area contributed by atoms with Gasteiger partial charge in [0.15, 0.2) is 11.5 Å². The standard InChI is InChI=1S/C16H23NO3/c1-16(8-4-3-5-9-16)11-17-15(19)12-6-7-14(20-2)13(18)10-12/h6-7,10,18H,3-5,8-9,11H2,1-2H3,(H,17,19). The van der Waals surface area contributed by atoms with Crippen LogP contribution in [0.5, 0.6) is 11.5 Å². The molecule has 1 aliphatic rings. The Kier molecular flexibility index (Phi) is 4.53. The number of carbonyl (C=O) groups excluding carboxylic acids is 1. The molecule has 1 aromatic rings. The highest BCUT2D eigenvalue weighted by atomic mass is 16.5. The summed E-state index contributed by atoms with van der Waals surface area (Å²) in [5.41, 5.74) is 0.672. The molecule has 0 aromatic heterocycles. The largest absolute Gasteiger partial charge is 0.504 e. The maximum atomic E-state index is 12.1. The van der Waals surface area contributed by atoms with E-state index in [-0.39, 0.29) is 17.1 Å². The second kappa shape index (κ2) is 6.16. The van der Waals surface area contributed by atoms with Crippen LogP contribution >= 0.6 is 0 Å². The number of carbonyl (C=O) groups is 1. The number of hydrogen-bond donors (Lipinski definition) is 2. The van der Waals surface area contributed by atoms with E-state index in [1.54, 1.807) is 12.1 Å². The summed E-state index contributed by atoms with van der Waals surface area (Å²) in [6, 6.07) is 4.71. The van der Waals surface area contributed by atoms with Crippen LogP contribution in [0, 0.1) is 5.41 Å². The van der Waals surface area contributed by atoms with Crippen molar-refractivity contribution in [1.29, 1.82) is 0 Å². The third-order valence-corrected chi connectivity index (χ3v) is 4.18. The third-order valence-electron chi connectivity index (χ3n) is 4.18. The summed E-state index contributed by atoms with van der Waals surface area (Å²) < 4.78 is 4.97. The number of benzene rings is 1. The second-order valence-corrected chi connectivity index (χ2v) is 5.94. The predicted octanol–water partition coefficient (Wildman–Crippen LogP) is 3.10. The predicted molar refractivity (Wildman–Crippen MR) is 78.2 cm³/mol. The molecule has 4 heteroatoms. The van der Waals surface area contributed by atoms with E-state index >= 15 is 0 Å². The third kappa shape index (κ3) is 3.44. The quantitative estimate of drug-likeness (QED) is 0.889. The lowest BCUT2D eigenvalue weighted by atomic mass is 9.76. The molecule has 2 rings (SSSR count). The summed E-state index contributed by atoms with van der Waals surface area (Å²) in [5, 5.41) is 12.7. The van der Waals surface area contributed by atoms with Gasteiger partial charge in [-0.25, -0.2) is 0 Å². The minimum Gasteiger partial charge on any atom is -0.504 e. The molecule has 1 saturated carbocycles. The van der Waals surface area contributed by atoms with E-state index in [0.717, 1.165) is 0 Å². The number of rotatable bonds is 4. The lowest BCUT2D eigenvalue weighted by Crippen LogP contribution is -2.37. The van der Waals surface area contributed by atoms with Crippen LogP contribution < -0.4 is 10.1 Å². The molecule has 0 spiro atoms. The Morgan fingerprint density at radius 1 is 1.35 bits per heavy atom. The van der Waals surface area contributed by atoms with Gasteiger partial charge in [-0.15, -0.1) is 0 Å². The maximum absolute atomic E-state index is 12.1. The van der Waals surface area contributed by atoms with Crippen molar-refractivity contribution in [3.8, 4) is 11.5 Å². The van der Waals surface area contributed by atoms with E-state index in [2.05, 4.69) is 12.2 Å². The Morgan fingerprint density at radius 2 is 2.05 bits per heavy atom. The van der Waals surface area contributed by atoms with Crippen LogP contribution in [0.2, 0.25) is 0 Å². The molecule has 0 bridgehead atoms. The molecule has 1 aliphatic carbocycles. The van der Waals surface area contributed by atoms with Gasteiger partial charge >= 0.3 is 0 Å². The van der Waals surface area contributed by atoms with Gasteiger partial charge in [-0.05, 0) is 36.5 Å². The molecule has 1 amide bonds. The van der Waals surface area contributed by atoms with Crippen LogP contribution in [-0.4, -0.2) is 24.7 Å². The van der Waals surface area contributed by atoms with Gasteiger partial charge in [0, 0.05) is 12.1 Å². The van der Waals surface area contributed by atoms with Crippen molar-refractivity contribution in [3.05, 3.63) is 23.8 Å². The van der Waals surface area contributed by atoms with Crippen molar-refractivity contribution in [2.45, 2.75) is 39.0 Å². The van der Waals surface area contributed by atoms with Crippen molar-refractivity contribution in [2.24, 2.45) is 5.41 Å². The van der Waals surface area contributed by atoms with Gasteiger partial charge < -0.3 is 15.2 Å². The first-order valence-corrected chi connectivity index (χ1v) is 7.19. The molecule has 0 unspecified atom stereocenters. The van der Waals surface area contributed by atoms with Crippen molar-refractivity contribution in [3.63, 3.8) is 0 Å². The highest BCUT2D eigenvalue weighted by Gasteiger charge is 2.27. The van der Waals surface area contributed by atoms with E-state index in [1.807, 2.05) is 0 Å². The molecule has 1 aromatic carbocycles. The van der Waals surface area contributed by atoms with E-state index in [0.29, 0.717) is 17.9 Å². The van der Waals surface area contributed by atoms with Crippen LogP contribution in [0.25, 0.3) is 0 Å². The topological polar surface area (TPSA) is 58.6 Å². The molecule has 2 N–H and O–H groups in total. The molecular formula is C16H23NO3. The lowest BCUT2D eigenvalue weighted by molar-refractivity contribution is 0.0918. The zero-order valence-electron chi connectivity index (χ0n) is 12.2. The lowest BCUT2D eigenvalue weighted by Gasteiger charge is -2.33. The number of nitrogens with one attached hydrogen (secondary N) is 1. The van der Waals surface area contributed by atoms with Gasteiger partial charge in [0.05, 0.1) is 7.11 Å². The monoisotopic (exact) mass is 277 g/mol. The number of hydrogen-bond acceptors (Lipinski definition) is 3. The van der Waals surface area contributed by atoms with Gasteiger partial charge in [0.2, 0.25) is 0 Å². The first-order valence-electron chi connectivity index (χ1n) is 7.19. The first kappa shape index (κ1) is 14.7. The van der Waals surface area contributed by atoms with Crippen LogP contribution in [-0.2, 0) is 0 Å². The maximum Gasteiger partial charge on any atom is 0.251 e. The fourth-order valence-corrected chi connectivity index (χ4v) is 2.81. The number of methoxy groups -OCH3 is 1. The minimum absolute atomic E-state index is 0.0102. The van der Waals surface area contributed by atoms with Gasteiger partial charge in [-0.3, -0.25) is 4.79 Å². The molecule has 4 nitrogen and oxygen atoms in total. The van der Waals surface area contributed by atoms with E-state index in [9.17, 15) is 9.90 Å². The summed E-state index contributed by atoms with van der Waals surface area (Å²) in [6.07, 6.45) is 6.13. The second-order valence-electron chi connectivity index (χ2n) is 5.94. The van der Waals surface area contributed by atoms with Gasteiger partial charge in [0.25, 0.3) is 5.91 Å². The fraction of sp³-hybridized carbons (Fsp3) is 0.562. The van der Waals surface area contributed by atoms with E-state index < -0.39 is 0 Å². The van der Waals surface area contributed by atoms with Crippen LogP contribution in [0.1, 0.15) is 49.4 Å². The molecule has 110 valence electrons. The Labute approximate surface area is 120 Å². The van der Waals surface area contributed by atoms with Crippen LogP contribution in [0.3, 0.4) is 0 Å². The van der Waals surface area contributed by atoms with Crippen LogP contribution in [0.15, 0.2) is 18.2 Å². The molecular weight excluding hydrogens is 254 g/mol. The Hall–Kier alpha value is -1.71. The van der Waals surface area contributed by atoms with Crippen molar-refractivity contribution >= 4 is 5.91 Å². The number of phenolic OH excluding ortho intramolecular Hbond substituents is 1. The van der Waals surface area contributed by atoms with Gasteiger partial charge in [-0.1, -0.05) is 26.2 Å². The zero-order chi connectivity index (χ0) is 14.6. The molecule has 0 saturated heterocycles. The Balaban J connectivity index is 1.96. The first-order chi connectivity index (χ1) is 9.54. The summed E-state index contributed by atoms with van der Waals surface area (Å²) in [7, 11) is 1.48. The van der Waals surface area contributed by atoms with E-state index in [1.165, 1.54) is 45.3 Å². The number of amides is 1. The van der Waals surface area contributed by atoms with Crippen molar-refractivity contribution in [2.75, 3.05) is 13.7 Å². The molecule has 20 heavy (non-hydrogen) atoms. The minimum atomic E-state index is -0.144. The van der Waals surface area contributed by atoms with Gasteiger partial charge in [0.1, 0.15) is 0 Å². The SMILES string of the molecule is COc1ccc(C(=O)NCC2(C)CCCCC2)cc1O. The zero-order valence-corrected chi connectivity index (χ0v) is 12.2. The molecule has 1 fully saturated rings. The average Bonchev–Trinajstić information content (AvgIpc) is 2.45. The summed E-state index contributed by atoms with van der Waals surface area (Å²) in [5.74, 6) is 0.222. The molecule has 0 atom stereocenters. The summed E-state index contributed by atoms with van der Waals surface area (Å²) in [4.78, 5) is 12.1. The van der Waals surface area contributed by atoms with Crippen molar-refractivity contribution in [1.82, 2.24) is 5.32 Å². The van der Waals surface area contributed by atoms with Crippen LogP contribution in [0.4, 0.5) is 0 Å². The molecule has 0 radical (unpaired) electrons.